The summed E-state index contributed by atoms with van der Waals surface area (Å²) < 4.78 is 0. The van der Waals surface area contributed by atoms with Crippen LogP contribution in [-0.4, -0.2) is 48.9 Å². The van der Waals surface area contributed by atoms with Crippen LogP contribution in [0.4, 0.5) is 5.13 Å². The first-order valence-electron chi connectivity index (χ1n) is 5.83. The number of anilines is 1. The average Bonchev–Trinajstić information content (AvgIpc) is 2.66. The molecule has 0 radical (unpaired) electrons. The first-order chi connectivity index (χ1) is 7.95. The molecule has 4 nitrogen and oxygen atoms in total. The van der Waals surface area contributed by atoms with Crippen molar-refractivity contribution in [3.05, 3.63) is 11.1 Å². The topological polar surface area (TPSA) is 36.4 Å². The fraction of sp³-hybridized carbons (Fsp3) is 0.667. The normalized spacial score (nSPS) is 12.8. The molecule has 0 aliphatic carbocycles. The Morgan fingerprint density at radius 3 is 2.59 bits per heavy atom. The molecule has 17 heavy (non-hydrogen) atoms. The van der Waals surface area contributed by atoms with Gasteiger partial charge in [0, 0.05) is 31.4 Å². The predicted octanol–water partition coefficient (Wildman–Crippen LogP) is 2.12. The summed E-state index contributed by atoms with van der Waals surface area (Å²) in [5, 5.41) is 2.77. The molecule has 0 N–H and O–H groups in total. The number of hydrogen-bond acceptors (Lipinski definition) is 5. The molecule has 0 fully saturated rings. The summed E-state index contributed by atoms with van der Waals surface area (Å²) in [6.07, 6.45) is 0. The SMILES string of the molecule is CCN(c1nc(C(C)=O)cs1)C(C)CN(C)C. The van der Waals surface area contributed by atoms with E-state index in [-0.39, 0.29) is 5.78 Å². The first-order valence-corrected chi connectivity index (χ1v) is 6.71. The number of thiazole rings is 1. The zero-order valence-electron chi connectivity index (χ0n) is 11.2. The van der Waals surface area contributed by atoms with Gasteiger partial charge in [0.25, 0.3) is 0 Å². The van der Waals surface area contributed by atoms with E-state index in [0.717, 1.165) is 18.2 Å². The molecule has 1 rings (SSSR count). The molecule has 0 bridgehead atoms. The molecule has 0 saturated heterocycles. The van der Waals surface area contributed by atoms with Gasteiger partial charge < -0.3 is 9.80 Å². The maximum atomic E-state index is 11.2. The van der Waals surface area contributed by atoms with Gasteiger partial charge in [-0.1, -0.05) is 0 Å². The fourth-order valence-electron chi connectivity index (χ4n) is 1.82. The second kappa shape index (κ2) is 6.12. The second-order valence-electron chi connectivity index (χ2n) is 4.47. The number of aromatic nitrogens is 1. The highest BCUT2D eigenvalue weighted by molar-refractivity contribution is 7.13. The van der Waals surface area contributed by atoms with Crippen LogP contribution in [0.2, 0.25) is 0 Å². The highest BCUT2D eigenvalue weighted by Crippen LogP contribution is 2.22. The third kappa shape index (κ3) is 3.78. The van der Waals surface area contributed by atoms with Crippen LogP contribution < -0.4 is 4.90 Å². The van der Waals surface area contributed by atoms with Crippen molar-refractivity contribution in [2.45, 2.75) is 26.8 Å². The molecule has 1 aromatic heterocycles. The molecule has 1 unspecified atom stereocenters. The van der Waals surface area contributed by atoms with Gasteiger partial charge in [0.1, 0.15) is 5.69 Å². The van der Waals surface area contributed by atoms with Crippen LogP contribution in [0.5, 0.6) is 0 Å². The predicted molar refractivity (Wildman–Crippen MR) is 73.2 cm³/mol. The van der Waals surface area contributed by atoms with Crippen molar-refractivity contribution in [1.82, 2.24) is 9.88 Å². The molecular weight excluding hydrogens is 234 g/mol. The number of nitrogens with zero attached hydrogens (tertiary/aromatic N) is 3. The summed E-state index contributed by atoms with van der Waals surface area (Å²) in [6, 6.07) is 0.390. The van der Waals surface area contributed by atoms with Gasteiger partial charge in [-0.2, -0.15) is 0 Å². The summed E-state index contributed by atoms with van der Waals surface area (Å²) in [7, 11) is 4.13. The Hall–Kier alpha value is -0.940. The number of carbonyl (C=O) groups excluding carboxylic acids is 1. The first kappa shape index (κ1) is 14.1. The molecule has 0 saturated carbocycles. The molecule has 1 heterocycles. The van der Waals surface area contributed by atoms with E-state index in [0.29, 0.717) is 11.7 Å². The van der Waals surface area contributed by atoms with E-state index >= 15 is 0 Å². The zero-order valence-corrected chi connectivity index (χ0v) is 12.0. The minimum absolute atomic E-state index is 0.0313. The number of Topliss-reactive ketones (excluding diaryl/α,β-unsaturated/α-hetero) is 1. The van der Waals surface area contributed by atoms with E-state index < -0.39 is 0 Å². The summed E-state index contributed by atoms with van der Waals surface area (Å²) in [5.74, 6) is 0.0313. The molecule has 0 aliphatic heterocycles. The Morgan fingerprint density at radius 2 is 2.18 bits per heavy atom. The van der Waals surface area contributed by atoms with Crippen LogP contribution in [0.25, 0.3) is 0 Å². The summed E-state index contributed by atoms with van der Waals surface area (Å²) in [6.45, 7) is 7.72. The lowest BCUT2D eigenvalue weighted by molar-refractivity contribution is 0.101. The minimum Gasteiger partial charge on any atom is -0.344 e. The maximum Gasteiger partial charge on any atom is 0.186 e. The van der Waals surface area contributed by atoms with E-state index in [1.54, 1.807) is 18.3 Å². The van der Waals surface area contributed by atoms with Gasteiger partial charge in [0.15, 0.2) is 10.9 Å². The van der Waals surface area contributed by atoms with Gasteiger partial charge in [-0.25, -0.2) is 4.98 Å². The van der Waals surface area contributed by atoms with E-state index in [2.05, 4.69) is 42.7 Å². The Balaban J connectivity index is 2.81. The van der Waals surface area contributed by atoms with Gasteiger partial charge in [0.2, 0.25) is 0 Å². The van der Waals surface area contributed by atoms with Crippen molar-refractivity contribution >= 4 is 22.3 Å². The van der Waals surface area contributed by atoms with Crippen LogP contribution in [-0.2, 0) is 0 Å². The van der Waals surface area contributed by atoms with Crippen LogP contribution in [0.15, 0.2) is 5.38 Å². The van der Waals surface area contributed by atoms with Crippen molar-refractivity contribution in [2.24, 2.45) is 0 Å². The molecule has 5 heteroatoms. The third-order valence-corrected chi connectivity index (χ3v) is 3.48. The number of ketones is 1. The van der Waals surface area contributed by atoms with Gasteiger partial charge in [0.05, 0.1) is 0 Å². The van der Waals surface area contributed by atoms with Gasteiger partial charge in [-0.15, -0.1) is 11.3 Å². The van der Waals surface area contributed by atoms with E-state index in [1.165, 1.54) is 0 Å². The van der Waals surface area contributed by atoms with Gasteiger partial charge in [-0.3, -0.25) is 4.79 Å². The number of carbonyl (C=O) groups is 1. The zero-order chi connectivity index (χ0) is 13.0. The number of likely N-dealkylation sites (N-methyl/N-ethyl adjacent to an activating group) is 2. The van der Waals surface area contributed by atoms with Crippen molar-refractivity contribution in [3.8, 4) is 0 Å². The molecular formula is C12H21N3OS. The Labute approximate surface area is 107 Å². The van der Waals surface area contributed by atoms with Crippen molar-refractivity contribution in [3.63, 3.8) is 0 Å². The molecule has 0 spiro atoms. The molecule has 1 atom stereocenters. The lowest BCUT2D eigenvalue weighted by Gasteiger charge is -2.29. The molecule has 0 aliphatic rings. The fourth-order valence-corrected chi connectivity index (χ4v) is 2.85. The highest BCUT2D eigenvalue weighted by atomic mass is 32.1. The smallest absolute Gasteiger partial charge is 0.186 e. The Bertz CT molecular complexity index is 376. The Kier molecular flexibility index (Phi) is 5.08. The molecule has 1 aromatic rings. The van der Waals surface area contributed by atoms with E-state index in [1.807, 2.05) is 5.38 Å². The van der Waals surface area contributed by atoms with Crippen molar-refractivity contribution < 1.29 is 4.79 Å². The standard InChI is InChI=1S/C12H21N3OS/c1-6-15(9(2)7-14(4)5)12-13-11(8-17-12)10(3)16/h8-9H,6-7H2,1-5H3. The van der Waals surface area contributed by atoms with E-state index in [9.17, 15) is 4.79 Å². The van der Waals surface area contributed by atoms with Crippen LogP contribution in [0.1, 0.15) is 31.3 Å². The largest absolute Gasteiger partial charge is 0.344 e. The summed E-state index contributed by atoms with van der Waals surface area (Å²) >= 11 is 1.54. The number of rotatable bonds is 6. The van der Waals surface area contributed by atoms with Crippen LogP contribution in [0.3, 0.4) is 0 Å². The maximum absolute atomic E-state index is 11.2. The van der Waals surface area contributed by atoms with Crippen molar-refractivity contribution in [2.75, 3.05) is 32.1 Å². The van der Waals surface area contributed by atoms with Crippen LogP contribution >= 0.6 is 11.3 Å². The van der Waals surface area contributed by atoms with Gasteiger partial charge in [-0.05, 0) is 27.9 Å². The highest BCUT2D eigenvalue weighted by Gasteiger charge is 2.17. The van der Waals surface area contributed by atoms with Crippen LogP contribution in [0, 0.1) is 0 Å². The third-order valence-electron chi connectivity index (χ3n) is 2.60. The summed E-state index contributed by atoms with van der Waals surface area (Å²) in [4.78, 5) is 20.0. The summed E-state index contributed by atoms with van der Waals surface area (Å²) in [5.41, 5.74) is 0.570. The second-order valence-corrected chi connectivity index (χ2v) is 5.31. The van der Waals surface area contributed by atoms with E-state index in [4.69, 9.17) is 0 Å². The monoisotopic (exact) mass is 255 g/mol. The lowest BCUT2D eigenvalue weighted by Crippen LogP contribution is -2.40. The lowest BCUT2D eigenvalue weighted by atomic mass is 10.3. The van der Waals surface area contributed by atoms with Crippen molar-refractivity contribution in [1.29, 1.82) is 0 Å². The van der Waals surface area contributed by atoms with Gasteiger partial charge >= 0.3 is 0 Å². The quantitative estimate of drug-likeness (QED) is 0.730. The molecule has 0 aromatic carbocycles. The minimum atomic E-state index is 0.0313. The Morgan fingerprint density at radius 1 is 1.53 bits per heavy atom. The number of hydrogen-bond donors (Lipinski definition) is 0. The molecule has 96 valence electrons. The average molecular weight is 255 g/mol. The molecule has 0 amide bonds.